The highest BCUT2D eigenvalue weighted by atomic mass is 127. The molecule has 98 valence electrons. The number of anilines is 1. The molecule has 1 aromatic carbocycles. The number of hydrogen-bond acceptors (Lipinski definition) is 3. The summed E-state index contributed by atoms with van der Waals surface area (Å²) in [6.45, 7) is 0. The van der Waals surface area contributed by atoms with Crippen LogP contribution in [0, 0.1) is 9.39 Å². The van der Waals surface area contributed by atoms with E-state index in [-0.39, 0.29) is 11.3 Å². The van der Waals surface area contributed by atoms with Crippen LogP contribution in [0.5, 0.6) is 0 Å². The molecule has 2 aromatic rings. The van der Waals surface area contributed by atoms with Crippen LogP contribution < -0.4 is 5.32 Å². The molecule has 7 heteroatoms. The summed E-state index contributed by atoms with van der Waals surface area (Å²) in [6.07, 6.45) is 0.979. The van der Waals surface area contributed by atoms with E-state index in [1.165, 1.54) is 18.2 Å². The third-order valence-electron chi connectivity index (χ3n) is 2.25. The van der Waals surface area contributed by atoms with E-state index < -0.39 is 17.7 Å². The first kappa shape index (κ1) is 13.5. The van der Waals surface area contributed by atoms with Crippen molar-refractivity contribution in [2.24, 2.45) is 0 Å². The molecule has 0 saturated heterocycles. The lowest BCUT2D eigenvalue weighted by Crippen LogP contribution is -2.12. The number of rotatable bonds is 3. The van der Waals surface area contributed by atoms with Crippen LogP contribution in [0.4, 0.5) is 10.1 Å². The molecular formula is C12H7FINO4. The molecule has 1 heterocycles. The molecule has 2 rings (SSSR count). The van der Waals surface area contributed by atoms with Gasteiger partial charge in [0, 0.05) is 9.64 Å². The van der Waals surface area contributed by atoms with Crippen molar-refractivity contribution < 1.29 is 23.5 Å². The highest BCUT2D eigenvalue weighted by molar-refractivity contribution is 14.1. The first-order valence-electron chi connectivity index (χ1n) is 5.05. The van der Waals surface area contributed by atoms with E-state index in [0.717, 1.165) is 12.3 Å². The van der Waals surface area contributed by atoms with Gasteiger partial charge in [-0.2, -0.15) is 0 Å². The van der Waals surface area contributed by atoms with Gasteiger partial charge in [0.25, 0.3) is 5.91 Å². The first-order valence-corrected chi connectivity index (χ1v) is 6.13. The van der Waals surface area contributed by atoms with Crippen LogP contribution in [-0.4, -0.2) is 17.0 Å². The Morgan fingerprint density at radius 3 is 2.63 bits per heavy atom. The second-order valence-corrected chi connectivity index (χ2v) is 4.75. The third kappa shape index (κ3) is 3.11. The van der Waals surface area contributed by atoms with E-state index in [4.69, 9.17) is 9.52 Å². The van der Waals surface area contributed by atoms with Crippen LogP contribution in [-0.2, 0) is 0 Å². The van der Waals surface area contributed by atoms with Crippen molar-refractivity contribution in [2.75, 3.05) is 5.32 Å². The molecule has 0 aliphatic carbocycles. The molecule has 19 heavy (non-hydrogen) atoms. The normalized spacial score (nSPS) is 10.2. The number of carboxylic acids is 1. The lowest BCUT2D eigenvalue weighted by Gasteiger charge is -2.05. The maximum Gasteiger partial charge on any atom is 0.338 e. The Kier molecular flexibility index (Phi) is 3.84. The van der Waals surface area contributed by atoms with Gasteiger partial charge in [-0.1, -0.05) is 0 Å². The number of nitrogens with one attached hydrogen (secondary N) is 1. The van der Waals surface area contributed by atoms with Crippen molar-refractivity contribution in [2.45, 2.75) is 0 Å². The molecule has 0 atom stereocenters. The molecule has 0 aliphatic heterocycles. The number of carbonyl (C=O) groups is 2. The lowest BCUT2D eigenvalue weighted by atomic mass is 10.3. The molecule has 0 spiro atoms. The molecule has 0 unspecified atom stereocenters. The van der Waals surface area contributed by atoms with Crippen LogP contribution in [0.2, 0.25) is 0 Å². The zero-order valence-electron chi connectivity index (χ0n) is 9.31. The maximum absolute atomic E-state index is 12.9. The second kappa shape index (κ2) is 5.39. The average molecular weight is 375 g/mol. The fourth-order valence-electron chi connectivity index (χ4n) is 1.34. The van der Waals surface area contributed by atoms with Gasteiger partial charge < -0.3 is 14.8 Å². The van der Waals surface area contributed by atoms with Gasteiger partial charge in [0.1, 0.15) is 12.1 Å². The SMILES string of the molecule is O=C(O)c1coc(C(=O)Nc2ccc(F)cc2I)c1. The topological polar surface area (TPSA) is 79.5 Å². The van der Waals surface area contributed by atoms with Crippen molar-refractivity contribution in [1.82, 2.24) is 0 Å². The zero-order valence-corrected chi connectivity index (χ0v) is 11.5. The van der Waals surface area contributed by atoms with E-state index in [1.54, 1.807) is 0 Å². The van der Waals surface area contributed by atoms with E-state index >= 15 is 0 Å². The number of carboxylic acid groups (broad SMARTS) is 1. The van der Waals surface area contributed by atoms with Crippen LogP contribution in [0.25, 0.3) is 0 Å². The first-order chi connectivity index (χ1) is 8.97. The summed E-state index contributed by atoms with van der Waals surface area (Å²) in [5.74, 6) is -2.32. The summed E-state index contributed by atoms with van der Waals surface area (Å²) < 4.78 is 18.3. The Balaban J connectivity index is 2.18. The zero-order chi connectivity index (χ0) is 14.0. The van der Waals surface area contributed by atoms with Gasteiger partial charge in [-0.05, 0) is 40.8 Å². The van der Waals surface area contributed by atoms with Crippen molar-refractivity contribution >= 4 is 40.2 Å². The highest BCUT2D eigenvalue weighted by Gasteiger charge is 2.15. The Morgan fingerprint density at radius 2 is 2.05 bits per heavy atom. The van der Waals surface area contributed by atoms with Crippen LogP contribution in [0.15, 0.2) is 34.9 Å². The molecule has 2 N–H and O–H groups in total. The summed E-state index contributed by atoms with van der Waals surface area (Å²) in [4.78, 5) is 22.4. The van der Waals surface area contributed by atoms with Crippen LogP contribution >= 0.6 is 22.6 Å². The Morgan fingerprint density at radius 1 is 1.32 bits per heavy atom. The number of aromatic carboxylic acids is 1. The monoisotopic (exact) mass is 375 g/mol. The minimum atomic E-state index is -1.18. The maximum atomic E-state index is 12.9. The standard InChI is InChI=1S/C12H7FINO4/c13-7-1-2-9(8(14)4-7)15-11(16)10-3-6(5-19-10)12(17)18/h1-5H,(H,15,16)(H,17,18). The Bertz CT molecular complexity index is 653. The predicted molar refractivity (Wildman–Crippen MR) is 72.7 cm³/mol. The van der Waals surface area contributed by atoms with Crippen LogP contribution in [0.3, 0.4) is 0 Å². The molecule has 1 amide bonds. The summed E-state index contributed by atoms with van der Waals surface area (Å²) in [5.41, 5.74) is 0.305. The number of hydrogen-bond donors (Lipinski definition) is 2. The fraction of sp³-hybridized carbons (Fsp3) is 0. The molecule has 0 aliphatic rings. The van der Waals surface area contributed by atoms with E-state index in [9.17, 15) is 14.0 Å². The summed E-state index contributed by atoms with van der Waals surface area (Å²) in [5, 5.41) is 11.2. The number of halogens is 2. The smallest absolute Gasteiger partial charge is 0.338 e. The molecule has 5 nitrogen and oxygen atoms in total. The van der Waals surface area contributed by atoms with Gasteiger partial charge in [0.2, 0.25) is 0 Å². The van der Waals surface area contributed by atoms with Crippen molar-refractivity contribution in [3.63, 3.8) is 0 Å². The lowest BCUT2D eigenvalue weighted by molar-refractivity contribution is 0.0696. The molecule has 1 aromatic heterocycles. The minimum absolute atomic E-state index is 0.112. The van der Waals surface area contributed by atoms with E-state index in [2.05, 4.69) is 5.32 Å². The number of amides is 1. The van der Waals surface area contributed by atoms with Gasteiger partial charge in [0.05, 0.1) is 11.3 Å². The minimum Gasteiger partial charge on any atom is -0.478 e. The van der Waals surface area contributed by atoms with Crippen molar-refractivity contribution in [1.29, 1.82) is 0 Å². The second-order valence-electron chi connectivity index (χ2n) is 3.58. The van der Waals surface area contributed by atoms with Crippen LogP contribution in [0.1, 0.15) is 20.9 Å². The predicted octanol–water partition coefficient (Wildman–Crippen LogP) is 2.97. The van der Waals surface area contributed by atoms with Gasteiger partial charge in [-0.3, -0.25) is 4.79 Å². The molecule has 0 saturated carbocycles. The molecule has 0 bridgehead atoms. The third-order valence-corrected chi connectivity index (χ3v) is 3.14. The average Bonchev–Trinajstić information content (AvgIpc) is 2.82. The quantitative estimate of drug-likeness (QED) is 0.809. The largest absolute Gasteiger partial charge is 0.478 e. The van der Waals surface area contributed by atoms with Gasteiger partial charge in [-0.25, -0.2) is 9.18 Å². The molecular weight excluding hydrogens is 368 g/mol. The Hall–Kier alpha value is -1.90. The summed E-state index contributed by atoms with van der Waals surface area (Å²) >= 11 is 1.88. The van der Waals surface area contributed by atoms with Gasteiger partial charge >= 0.3 is 5.97 Å². The number of furan rings is 1. The Labute approximate surface area is 120 Å². The van der Waals surface area contributed by atoms with Crippen molar-refractivity contribution in [3.8, 4) is 0 Å². The molecule has 0 radical (unpaired) electrons. The fourth-order valence-corrected chi connectivity index (χ4v) is 1.95. The van der Waals surface area contributed by atoms with E-state index in [0.29, 0.717) is 9.26 Å². The van der Waals surface area contributed by atoms with Gasteiger partial charge in [0.15, 0.2) is 5.76 Å². The molecule has 0 fully saturated rings. The number of benzene rings is 1. The van der Waals surface area contributed by atoms with Crippen molar-refractivity contribution in [3.05, 3.63) is 51.2 Å². The van der Waals surface area contributed by atoms with E-state index in [1.807, 2.05) is 22.6 Å². The number of carbonyl (C=O) groups excluding carboxylic acids is 1. The summed E-state index contributed by atoms with van der Waals surface area (Å²) in [6, 6.07) is 5.01. The summed E-state index contributed by atoms with van der Waals surface area (Å²) in [7, 11) is 0. The van der Waals surface area contributed by atoms with Gasteiger partial charge in [-0.15, -0.1) is 0 Å². The highest BCUT2D eigenvalue weighted by Crippen LogP contribution is 2.20.